The lowest BCUT2D eigenvalue weighted by Gasteiger charge is -2.26. The molecule has 1 aliphatic rings. The normalized spacial score (nSPS) is 15.2. The third kappa shape index (κ3) is 4.29. The highest BCUT2D eigenvalue weighted by Gasteiger charge is 2.29. The molecule has 0 bridgehead atoms. The molecule has 6 nitrogen and oxygen atoms in total. The lowest BCUT2D eigenvalue weighted by molar-refractivity contribution is -0.125. The second kappa shape index (κ2) is 8.62. The molecule has 0 spiro atoms. The van der Waals surface area contributed by atoms with Crippen molar-refractivity contribution in [3.8, 4) is 22.6 Å². The van der Waals surface area contributed by atoms with E-state index in [2.05, 4.69) is 15.6 Å². The van der Waals surface area contributed by atoms with Crippen LogP contribution in [0.25, 0.3) is 26.9 Å². The Balaban J connectivity index is 1.65. The van der Waals surface area contributed by atoms with Gasteiger partial charge in [-0.15, -0.1) is 11.3 Å². The molecule has 2 aromatic carbocycles. The van der Waals surface area contributed by atoms with Crippen molar-refractivity contribution in [1.29, 1.82) is 0 Å². The van der Waals surface area contributed by atoms with Gasteiger partial charge in [-0.05, 0) is 58.8 Å². The molecule has 0 radical (unpaired) electrons. The predicted octanol–water partition coefficient (Wildman–Crippen LogP) is 5.01. The van der Waals surface area contributed by atoms with Gasteiger partial charge in [0.25, 0.3) is 5.56 Å². The van der Waals surface area contributed by atoms with Gasteiger partial charge < -0.3 is 10.1 Å². The van der Waals surface area contributed by atoms with Gasteiger partial charge in [0.05, 0.1) is 19.3 Å². The summed E-state index contributed by atoms with van der Waals surface area (Å²) >= 11 is 1.58. The quantitative estimate of drug-likeness (QED) is 0.418. The Hall–Kier alpha value is -3.63. The van der Waals surface area contributed by atoms with Crippen LogP contribution >= 0.6 is 11.3 Å². The molecule has 10 heteroatoms. The third-order valence-electron chi connectivity index (χ3n) is 5.46. The molecular formula is C24H19F3N4O2S. The monoisotopic (exact) mass is 484 g/mol. The van der Waals surface area contributed by atoms with Crippen LogP contribution in [0.15, 0.2) is 69.8 Å². The van der Waals surface area contributed by atoms with Crippen molar-refractivity contribution in [3.63, 3.8) is 0 Å². The van der Waals surface area contributed by atoms with Gasteiger partial charge in [-0.2, -0.15) is 13.2 Å². The topological polar surface area (TPSA) is 67.7 Å². The molecule has 34 heavy (non-hydrogen) atoms. The number of hydrogen-bond acceptors (Lipinski definition) is 6. The molecule has 4 aromatic rings. The van der Waals surface area contributed by atoms with Crippen molar-refractivity contribution in [3.05, 3.63) is 75.9 Å². The number of alkyl halides is 3. The number of ether oxygens (including phenoxy) is 1. The van der Waals surface area contributed by atoms with Gasteiger partial charge in [0.15, 0.2) is 6.29 Å². The second-order valence-electron chi connectivity index (χ2n) is 7.69. The molecule has 3 heterocycles. The summed E-state index contributed by atoms with van der Waals surface area (Å²) in [5.41, 5.74) is 1.99. The summed E-state index contributed by atoms with van der Waals surface area (Å²) < 4.78 is 45.9. The van der Waals surface area contributed by atoms with Crippen LogP contribution in [0.1, 0.15) is 5.56 Å². The minimum Gasteiger partial charge on any atom is -0.497 e. The zero-order valence-corrected chi connectivity index (χ0v) is 18.7. The lowest BCUT2D eigenvalue weighted by atomic mass is 10.0. The number of nitrogens with zero attached hydrogens (tertiary/aromatic N) is 2. The van der Waals surface area contributed by atoms with Crippen LogP contribution in [-0.2, 0) is 0 Å². The number of methoxy groups -OCH3 is 1. The van der Waals surface area contributed by atoms with E-state index in [0.29, 0.717) is 33.9 Å². The number of fused-ring (bicyclic) bond motifs is 2. The summed E-state index contributed by atoms with van der Waals surface area (Å²) in [6.45, 7) is -1.22. The van der Waals surface area contributed by atoms with Gasteiger partial charge in [-0.25, -0.2) is 0 Å². The van der Waals surface area contributed by atoms with Crippen molar-refractivity contribution in [2.75, 3.05) is 19.0 Å². The average Bonchev–Trinajstić information content (AvgIpc) is 3.30. The molecule has 1 unspecified atom stereocenters. The highest BCUT2D eigenvalue weighted by atomic mass is 32.1. The number of aliphatic imine (C=N–C) groups is 1. The van der Waals surface area contributed by atoms with E-state index in [1.165, 1.54) is 10.8 Å². The van der Waals surface area contributed by atoms with Crippen LogP contribution in [0.3, 0.4) is 0 Å². The first-order chi connectivity index (χ1) is 16.3. The Morgan fingerprint density at radius 1 is 1.15 bits per heavy atom. The van der Waals surface area contributed by atoms with Crippen LogP contribution in [0.2, 0.25) is 0 Å². The molecule has 0 saturated heterocycles. The van der Waals surface area contributed by atoms with Crippen LogP contribution in [0.5, 0.6) is 5.75 Å². The van der Waals surface area contributed by atoms with Gasteiger partial charge in [0, 0.05) is 22.0 Å². The van der Waals surface area contributed by atoms with Crippen molar-refractivity contribution in [1.82, 2.24) is 9.88 Å². The third-order valence-corrected chi connectivity index (χ3v) is 6.36. The first kappa shape index (κ1) is 22.2. The van der Waals surface area contributed by atoms with Crippen molar-refractivity contribution in [2.45, 2.75) is 12.5 Å². The summed E-state index contributed by atoms with van der Waals surface area (Å²) in [4.78, 5) is 17.9. The van der Waals surface area contributed by atoms with E-state index in [-0.39, 0.29) is 5.56 Å². The fourth-order valence-corrected chi connectivity index (χ4v) is 4.61. The molecule has 2 N–H and O–H groups in total. The first-order valence-electron chi connectivity index (χ1n) is 10.3. The van der Waals surface area contributed by atoms with E-state index in [1.807, 2.05) is 29.6 Å². The molecule has 2 aromatic heterocycles. The molecule has 0 fully saturated rings. The minimum atomic E-state index is -4.39. The fourth-order valence-electron chi connectivity index (χ4n) is 3.84. The van der Waals surface area contributed by atoms with Crippen LogP contribution in [0, 0.1) is 0 Å². The summed E-state index contributed by atoms with van der Waals surface area (Å²) in [6, 6.07) is 16.4. The smallest absolute Gasteiger partial charge is 0.401 e. The Morgan fingerprint density at radius 3 is 2.68 bits per heavy atom. The lowest BCUT2D eigenvalue weighted by Crippen LogP contribution is -2.43. The van der Waals surface area contributed by atoms with E-state index in [0.717, 1.165) is 10.1 Å². The van der Waals surface area contributed by atoms with Crippen molar-refractivity contribution in [2.24, 2.45) is 4.99 Å². The zero-order valence-electron chi connectivity index (χ0n) is 17.9. The molecule has 1 aliphatic heterocycles. The van der Waals surface area contributed by atoms with E-state index in [1.54, 1.807) is 48.8 Å². The molecule has 0 saturated carbocycles. The molecule has 0 aliphatic carbocycles. The van der Waals surface area contributed by atoms with Gasteiger partial charge in [0.2, 0.25) is 0 Å². The predicted molar refractivity (Wildman–Crippen MR) is 128 cm³/mol. The number of hydrogen-bond donors (Lipinski definition) is 2. The van der Waals surface area contributed by atoms with E-state index >= 15 is 0 Å². The van der Waals surface area contributed by atoms with Gasteiger partial charge in [-0.1, -0.05) is 12.1 Å². The average molecular weight is 485 g/mol. The SMILES string of the molecule is COc1ccc(-c2cc3c(n(-c4ccc5sccc5c4)c2=O)NC(NCC(F)(F)F)N=C3)cc1. The number of anilines is 1. The number of aromatic nitrogens is 1. The Bertz CT molecular complexity index is 1440. The number of nitrogens with one attached hydrogen (secondary N) is 2. The Morgan fingerprint density at radius 2 is 1.94 bits per heavy atom. The maximum Gasteiger partial charge on any atom is 0.401 e. The van der Waals surface area contributed by atoms with Gasteiger partial charge in [0.1, 0.15) is 11.6 Å². The van der Waals surface area contributed by atoms with E-state index in [4.69, 9.17) is 4.74 Å². The number of benzene rings is 2. The number of thiophene rings is 1. The van der Waals surface area contributed by atoms with Crippen molar-refractivity contribution < 1.29 is 17.9 Å². The number of rotatable bonds is 5. The summed E-state index contributed by atoms with van der Waals surface area (Å²) in [5.74, 6) is 1.03. The highest BCUT2D eigenvalue weighted by Crippen LogP contribution is 2.30. The van der Waals surface area contributed by atoms with Crippen LogP contribution in [0.4, 0.5) is 19.0 Å². The highest BCUT2D eigenvalue weighted by molar-refractivity contribution is 7.17. The summed E-state index contributed by atoms with van der Waals surface area (Å²) in [5, 5.41) is 8.20. The van der Waals surface area contributed by atoms with Crippen LogP contribution in [-0.4, -0.2) is 36.9 Å². The first-order valence-corrected chi connectivity index (χ1v) is 11.2. The maximum atomic E-state index is 13.7. The summed E-state index contributed by atoms with van der Waals surface area (Å²) in [6.07, 6.45) is -3.94. The van der Waals surface area contributed by atoms with Crippen molar-refractivity contribution >= 4 is 33.5 Å². The number of halogens is 3. The standard InChI is InChI=1S/C24H19F3N4O2S/c1-33-18-5-2-14(3-6-18)19-11-16-12-28-23(29-13-24(25,26)27)30-21(16)31(22(19)32)17-4-7-20-15(10-17)8-9-34-20/h2-12,23,29-30H,13H2,1H3. The van der Waals surface area contributed by atoms with Gasteiger partial charge in [-0.3, -0.25) is 19.7 Å². The van der Waals surface area contributed by atoms with E-state index in [9.17, 15) is 18.0 Å². The molecule has 174 valence electrons. The Kier molecular flexibility index (Phi) is 5.62. The zero-order chi connectivity index (χ0) is 23.9. The molecule has 5 rings (SSSR count). The van der Waals surface area contributed by atoms with Crippen LogP contribution < -0.4 is 20.9 Å². The Labute approximate surface area is 196 Å². The summed E-state index contributed by atoms with van der Waals surface area (Å²) in [7, 11) is 1.56. The second-order valence-corrected chi connectivity index (χ2v) is 8.64. The molecule has 0 amide bonds. The maximum absolute atomic E-state index is 13.7. The molecule has 1 atom stereocenters. The minimum absolute atomic E-state index is 0.309. The number of pyridine rings is 1. The van der Waals surface area contributed by atoms with Gasteiger partial charge >= 0.3 is 6.18 Å². The fraction of sp³-hybridized carbons (Fsp3) is 0.167. The largest absolute Gasteiger partial charge is 0.497 e. The van der Waals surface area contributed by atoms with E-state index < -0.39 is 19.0 Å². The molecular weight excluding hydrogens is 465 g/mol.